The Morgan fingerprint density at radius 1 is 1.03 bits per heavy atom. The average molecular weight is 506 g/mol. The zero-order valence-electron chi connectivity index (χ0n) is 17.8. The van der Waals surface area contributed by atoms with Crippen molar-refractivity contribution in [3.63, 3.8) is 0 Å². The molecule has 182 valence electrons. The smallest absolute Gasteiger partial charge is 0.361 e. The average Bonchev–Trinajstić information content (AvgIpc) is 3.15. The van der Waals surface area contributed by atoms with Gasteiger partial charge in [0.15, 0.2) is 11.5 Å². The highest BCUT2D eigenvalue weighted by Gasteiger charge is 2.37. The van der Waals surface area contributed by atoms with Crippen LogP contribution in [0.5, 0.6) is 0 Å². The van der Waals surface area contributed by atoms with E-state index in [4.69, 9.17) is 11.6 Å². The van der Waals surface area contributed by atoms with E-state index in [1.165, 1.54) is 19.0 Å². The maximum Gasteiger partial charge on any atom is 0.416 e. The molecule has 0 radical (unpaired) electrons. The van der Waals surface area contributed by atoms with Gasteiger partial charge >= 0.3 is 12.4 Å². The molecule has 0 aliphatic heterocycles. The number of nitrogens with one attached hydrogen (secondary N) is 1. The molecule has 1 aromatic heterocycles. The number of alkyl halides is 6. The van der Waals surface area contributed by atoms with E-state index in [0.29, 0.717) is 22.7 Å². The fourth-order valence-electron chi connectivity index (χ4n) is 3.19. The van der Waals surface area contributed by atoms with E-state index in [9.17, 15) is 31.1 Å². The van der Waals surface area contributed by atoms with Gasteiger partial charge in [0.05, 0.1) is 17.7 Å². The Labute approximate surface area is 195 Å². The van der Waals surface area contributed by atoms with Crippen LogP contribution in [0.2, 0.25) is 5.02 Å². The second-order valence-corrected chi connectivity index (χ2v) is 7.91. The molecule has 3 aromatic rings. The number of anilines is 1. The maximum atomic E-state index is 13.2. The molecular weight excluding hydrogens is 488 g/mol. The molecule has 1 N–H and O–H groups in total. The first kappa shape index (κ1) is 25.3. The third-order valence-electron chi connectivity index (χ3n) is 4.72. The maximum absolute atomic E-state index is 13.2. The first-order valence-electron chi connectivity index (χ1n) is 9.68. The van der Waals surface area contributed by atoms with Gasteiger partial charge in [0, 0.05) is 25.7 Å². The van der Waals surface area contributed by atoms with Crippen molar-refractivity contribution in [1.82, 2.24) is 20.3 Å². The van der Waals surface area contributed by atoms with E-state index in [1.54, 1.807) is 24.3 Å². The SMILES string of the molecule is CN(C)c1c(C(=O)NCc2ccccc2Cl)nnn1Cc1cc(C(F)(F)F)cc(C(F)(F)F)c1. The van der Waals surface area contributed by atoms with Crippen molar-refractivity contribution in [3.8, 4) is 0 Å². The molecular formula is C21H18ClF6N5O. The van der Waals surface area contributed by atoms with E-state index in [-0.39, 0.29) is 29.7 Å². The number of amides is 1. The summed E-state index contributed by atoms with van der Waals surface area (Å²) < 4.78 is 80.1. The Balaban J connectivity index is 1.92. The minimum atomic E-state index is -4.98. The van der Waals surface area contributed by atoms with Crippen molar-refractivity contribution >= 4 is 23.3 Å². The minimum Gasteiger partial charge on any atom is -0.361 e. The second kappa shape index (κ2) is 9.53. The summed E-state index contributed by atoms with van der Waals surface area (Å²) in [6.45, 7) is -0.411. The summed E-state index contributed by atoms with van der Waals surface area (Å²) in [5, 5.41) is 10.6. The lowest BCUT2D eigenvalue weighted by Crippen LogP contribution is -2.26. The number of carbonyl (C=O) groups is 1. The third-order valence-corrected chi connectivity index (χ3v) is 5.09. The largest absolute Gasteiger partial charge is 0.416 e. The number of hydrogen-bond donors (Lipinski definition) is 1. The molecule has 0 bridgehead atoms. The Morgan fingerprint density at radius 2 is 1.62 bits per heavy atom. The molecule has 2 aromatic carbocycles. The van der Waals surface area contributed by atoms with Crippen LogP contribution in [0.1, 0.15) is 32.7 Å². The molecule has 6 nitrogen and oxygen atoms in total. The third kappa shape index (κ3) is 5.79. The van der Waals surface area contributed by atoms with Gasteiger partial charge in [-0.05, 0) is 35.4 Å². The topological polar surface area (TPSA) is 63.1 Å². The van der Waals surface area contributed by atoms with Crippen molar-refractivity contribution in [2.75, 3.05) is 19.0 Å². The predicted molar refractivity (Wildman–Crippen MR) is 113 cm³/mol. The van der Waals surface area contributed by atoms with Crippen LogP contribution in [-0.4, -0.2) is 35.0 Å². The normalized spacial score (nSPS) is 12.0. The lowest BCUT2D eigenvalue weighted by molar-refractivity contribution is -0.143. The molecule has 13 heteroatoms. The molecule has 3 rings (SSSR count). The van der Waals surface area contributed by atoms with E-state index >= 15 is 0 Å². The number of nitrogens with zero attached hydrogens (tertiary/aromatic N) is 4. The fraction of sp³-hybridized carbons (Fsp3) is 0.286. The van der Waals surface area contributed by atoms with Crippen LogP contribution in [0.4, 0.5) is 32.2 Å². The van der Waals surface area contributed by atoms with Gasteiger partial charge in [-0.15, -0.1) is 5.10 Å². The van der Waals surface area contributed by atoms with Gasteiger partial charge in [0.2, 0.25) is 0 Å². The molecule has 1 heterocycles. The predicted octanol–water partition coefficient (Wildman–Crippen LogP) is 5.01. The number of aromatic nitrogens is 3. The molecule has 34 heavy (non-hydrogen) atoms. The summed E-state index contributed by atoms with van der Waals surface area (Å²) in [7, 11) is 3.07. The number of hydrogen-bond acceptors (Lipinski definition) is 4. The van der Waals surface area contributed by atoms with Crippen LogP contribution in [0.25, 0.3) is 0 Å². The molecule has 0 aliphatic carbocycles. The fourth-order valence-corrected chi connectivity index (χ4v) is 3.39. The Hall–Kier alpha value is -3.28. The van der Waals surface area contributed by atoms with Gasteiger partial charge in [0.25, 0.3) is 5.91 Å². The van der Waals surface area contributed by atoms with Crippen LogP contribution in [0.3, 0.4) is 0 Å². The van der Waals surface area contributed by atoms with Crippen molar-refractivity contribution < 1.29 is 31.1 Å². The summed E-state index contributed by atoms with van der Waals surface area (Å²) in [6.07, 6.45) is -9.96. The van der Waals surface area contributed by atoms with Gasteiger partial charge in [-0.2, -0.15) is 26.3 Å². The number of carbonyl (C=O) groups excluding carboxylic acids is 1. The number of halogens is 7. The molecule has 0 saturated carbocycles. The van der Waals surface area contributed by atoms with E-state index in [1.807, 2.05) is 0 Å². The summed E-state index contributed by atoms with van der Waals surface area (Å²) in [5.74, 6) is -0.544. The Morgan fingerprint density at radius 3 is 2.15 bits per heavy atom. The minimum absolute atomic E-state index is 0.0469. The molecule has 0 unspecified atom stereocenters. The first-order valence-corrected chi connectivity index (χ1v) is 10.1. The molecule has 0 atom stereocenters. The van der Waals surface area contributed by atoms with Gasteiger partial charge in [-0.25, -0.2) is 4.68 Å². The van der Waals surface area contributed by atoms with Crippen LogP contribution in [0, 0.1) is 0 Å². The van der Waals surface area contributed by atoms with Crippen LogP contribution >= 0.6 is 11.6 Å². The molecule has 0 aliphatic rings. The lowest BCUT2D eigenvalue weighted by Gasteiger charge is -2.17. The van der Waals surface area contributed by atoms with Crippen molar-refractivity contribution in [2.24, 2.45) is 0 Å². The molecule has 0 spiro atoms. The summed E-state index contributed by atoms with van der Waals surface area (Å²) >= 11 is 6.07. The zero-order valence-corrected chi connectivity index (χ0v) is 18.6. The quantitative estimate of drug-likeness (QED) is 0.478. The highest BCUT2D eigenvalue weighted by molar-refractivity contribution is 6.31. The van der Waals surface area contributed by atoms with Crippen LogP contribution < -0.4 is 10.2 Å². The number of rotatable bonds is 6. The molecule has 1 amide bonds. The van der Waals surface area contributed by atoms with Crippen molar-refractivity contribution in [2.45, 2.75) is 25.4 Å². The van der Waals surface area contributed by atoms with Gasteiger partial charge < -0.3 is 10.2 Å². The van der Waals surface area contributed by atoms with Gasteiger partial charge in [-0.3, -0.25) is 4.79 Å². The summed E-state index contributed by atoms with van der Waals surface area (Å²) in [5.41, 5.74) is -2.71. The molecule has 0 fully saturated rings. The van der Waals surface area contributed by atoms with Crippen LogP contribution in [0.15, 0.2) is 42.5 Å². The Bertz CT molecular complexity index is 1160. The summed E-state index contributed by atoms with van der Waals surface area (Å²) in [6, 6.07) is 8.07. The van der Waals surface area contributed by atoms with Crippen LogP contribution in [-0.2, 0) is 25.4 Å². The highest BCUT2D eigenvalue weighted by atomic mass is 35.5. The van der Waals surface area contributed by atoms with Crippen molar-refractivity contribution in [3.05, 3.63) is 75.4 Å². The van der Waals surface area contributed by atoms with Crippen molar-refractivity contribution in [1.29, 1.82) is 0 Å². The standard InChI is InChI=1S/C21H18ClF6N5O/c1-32(2)19-17(18(34)29-10-13-5-3-4-6-16(13)22)30-31-33(19)11-12-7-14(20(23,24)25)9-15(8-12)21(26,27)28/h3-9H,10-11H2,1-2H3,(H,29,34). The first-order chi connectivity index (χ1) is 15.8. The monoisotopic (exact) mass is 505 g/mol. The van der Waals surface area contributed by atoms with E-state index < -0.39 is 35.9 Å². The Kier molecular flexibility index (Phi) is 7.10. The number of benzene rings is 2. The summed E-state index contributed by atoms with van der Waals surface area (Å²) in [4.78, 5) is 14.1. The van der Waals surface area contributed by atoms with Gasteiger partial charge in [0.1, 0.15) is 0 Å². The highest BCUT2D eigenvalue weighted by Crippen LogP contribution is 2.36. The lowest BCUT2D eigenvalue weighted by atomic mass is 10.0. The van der Waals surface area contributed by atoms with E-state index in [0.717, 1.165) is 4.68 Å². The van der Waals surface area contributed by atoms with E-state index in [2.05, 4.69) is 15.6 Å². The zero-order chi connectivity index (χ0) is 25.3. The van der Waals surface area contributed by atoms with Gasteiger partial charge in [-0.1, -0.05) is 35.0 Å². The second-order valence-electron chi connectivity index (χ2n) is 7.50. The molecule has 0 saturated heterocycles.